The van der Waals surface area contributed by atoms with E-state index < -0.39 is 17.7 Å². The average Bonchev–Trinajstić information content (AvgIpc) is 3.03. The first-order valence-corrected chi connectivity index (χ1v) is 10.3. The molecule has 0 bridgehead atoms. The van der Waals surface area contributed by atoms with Crippen LogP contribution in [-0.2, 0) is 9.59 Å². The van der Waals surface area contributed by atoms with Gasteiger partial charge in [-0.25, -0.2) is 0 Å². The summed E-state index contributed by atoms with van der Waals surface area (Å²) in [5.74, 6) is -0.805. The number of carbonyl (C=O) groups is 2. The first-order valence-electron chi connectivity index (χ1n) is 10.3. The Labute approximate surface area is 183 Å². The molecule has 1 aliphatic rings. The number of hydrogen-bond acceptors (Lipinski definition) is 5. The first-order chi connectivity index (χ1) is 14.9. The second-order valence-electron chi connectivity index (χ2n) is 7.68. The molecule has 0 aliphatic carbocycles. The highest BCUT2D eigenvalue weighted by molar-refractivity contribution is 6.46. The number of nitrogens with zero attached hydrogens (tertiary/aromatic N) is 2. The summed E-state index contributed by atoms with van der Waals surface area (Å²) < 4.78 is 5.48. The molecule has 31 heavy (non-hydrogen) atoms. The Morgan fingerprint density at radius 3 is 2.42 bits per heavy atom. The molecule has 2 aromatic rings. The topological polar surface area (TPSA) is 70.1 Å². The normalized spacial score (nSPS) is 17.9. The maximum Gasteiger partial charge on any atom is 0.295 e. The minimum absolute atomic E-state index is 0.112. The van der Waals surface area contributed by atoms with Gasteiger partial charge in [0.25, 0.3) is 11.7 Å². The van der Waals surface area contributed by atoms with Gasteiger partial charge in [0, 0.05) is 12.1 Å². The van der Waals surface area contributed by atoms with Gasteiger partial charge in [-0.05, 0) is 56.9 Å². The maximum absolute atomic E-state index is 13.0. The van der Waals surface area contributed by atoms with Crippen molar-refractivity contribution in [2.45, 2.75) is 12.5 Å². The molecule has 0 saturated carbocycles. The van der Waals surface area contributed by atoms with Gasteiger partial charge in [0.2, 0.25) is 0 Å². The van der Waals surface area contributed by atoms with Gasteiger partial charge in [-0.2, -0.15) is 0 Å². The van der Waals surface area contributed by atoms with Crippen LogP contribution in [0, 0.1) is 0 Å². The molecular weight excluding hydrogens is 392 g/mol. The van der Waals surface area contributed by atoms with Crippen molar-refractivity contribution in [3.8, 4) is 5.75 Å². The largest absolute Gasteiger partial charge is 0.507 e. The van der Waals surface area contributed by atoms with Crippen molar-refractivity contribution >= 4 is 17.4 Å². The summed E-state index contributed by atoms with van der Waals surface area (Å²) in [4.78, 5) is 29.4. The van der Waals surface area contributed by atoms with E-state index in [1.807, 2.05) is 49.3 Å². The van der Waals surface area contributed by atoms with Crippen LogP contribution in [0.4, 0.5) is 0 Å². The lowest BCUT2D eigenvalue weighted by Gasteiger charge is -2.26. The van der Waals surface area contributed by atoms with Crippen molar-refractivity contribution < 1.29 is 19.4 Å². The number of likely N-dealkylation sites (tertiary alicyclic amines) is 1. The van der Waals surface area contributed by atoms with E-state index in [2.05, 4.69) is 6.58 Å². The number of amides is 1. The molecular formula is C25H28N2O4. The molecule has 3 rings (SSSR count). The van der Waals surface area contributed by atoms with E-state index in [-0.39, 0.29) is 11.3 Å². The first kappa shape index (κ1) is 22.3. The van der Waals surface area contributed by atoms with Crippen LogP contribution in [0.5, 0.6) is 5.75 Å². The molecule has 0 radical (unpaired) electrons. The quantitative estimate of drug-likeness (QED) is 0.290. The van der Waals surface area contributed by atoms with E-state index in [0.717, 1.165) is 18.5 Å². The molecule has 0 spiro atoms. The molecule has 0 aromatic heterocycles. The second-order valence-corrected chi connectivity index (χ2v) is 7.68. The zero-order valence-electron chi connectivity index (χ0n) is 18.0. The van der Waals surface area contributed by atoms with Crippen LogP contribution in [0.1, 0.15) is 23.6 Å². The molecule has 2 aromatic carbocycles. The molecule has 1 saturated heterocycles. The standard InChI is InChI=1S/C25H28N2O4/c1-4-17-31-20-13-11-19(12-14-20)23(28)21-22(18-9-6-5-7-10-18)27(25(30)24(21)29)16-8-15-26(2)3/h4-7,9-14,22,28H,1,8,15-17H2,2-3H3/t22-/m0/s1. The van der Waals surface area contributed by atoms with Crippen LogP contribution in [0.25, 0.3) is 5.76 Å². The number of Topliss-reactive ketones (excluding diaryl/α,β-unsaturated/α-hetero) is 1. The lowest BCUT2D eigenvalue weighted by molar-refractivity contribution is -0.139. The fourth-order valence-electron chi connectivity index (χ4n) is 3.67. The monoisotopic (exact) mass is 420 g/mol. The molecule has 1 heterocycles. The summed E-state index contributed by atoms with van der Waals surface area (Å²) in [6, 6.07) is 15.5. The van der Waals surface area contributed by atoms with Gasteiger partial charge in [0.1, 0.15) is 18.1 Å². The third kappa shape index (κ3) is 5.03. The molecule has 6 nitrogen and oxygen atoms in total. The van der Waals surface area contributed by atoms with Crippen LogP contribution in [-0.4, -0.2) is 60.4 Å². The van der Waals surface area contributed by atoms with E-state index in [4.69, 9.17) is 4.74 Å². The molecule has 1 N–H and O–H groups in total. The number of ketones is 1. The number of carbonyl (C=O) groups excluding carboxylic acids is 2. The Morgan fingerprint density at radius 2 is 1.81 bits per heavy atom. The lowest BCUT2D eigenvalue weighted by Crippen LogP contribution is -2.32. The van der Waals surface area contributed by atoms with Crippen molar-refractivity contribution in [3.05, 3.63) is 84.0 Å². The summed E-state index contributed by atoms with van der Waals surface area (Å²) in [6.45, 7) is 5.20. The van der Waals surface area contributed by atoms with E-state index in [1.54, 1.807) is 35.2 Å². The number of rotatable bonds is 9. The number of hydrogen-bond donors (Lipinski definition) is 1. The highest BCUT2D eigenvalue weighted by Gasteiger charge is 2.45. The Kier molecular flexibility index (Phi) is 7.26. The Morgan fingerprint density at radius 1 is 1.13 bits per heavy atom. The Hall–Kier alpha value is -3.38. The SMILES string of the molecule is C=CCOc1ccc(C(O)=C2C(=O)C(=O)N(CCCN(C)C)[C@H]2c2ccccc2)cc1. The van der Waals surface area contributed by atoms with E-state index >= 15 is 0 Å². The van der Waals surface area contributed by atoms with E-state index in [1.165, 1.54) is 0 Å². The van der Waals surface area contributed by atoms with E-state index in [9.17, 15) is 14.7 Å². The fourth-order valence-corrected chi connectivity index (χ4v) is 3.67. The van der Waals surface area contributed by atoms with Gasteiger partial charge in [0.05, 0.1) is 11.6 Å². The summed E-state index contributed by atoms with van der Waals surface area (Å²) in [5, 5.41) is 11.1. The van der Waals surface area contributed by atoms with Gasteiger partial charge in [-0.3, -0.25) is 9.59 Å². The Bertz CT molecular complexity index is 965. The van der Waals surface area contributed by atoms with Gasteiger partial charge in [0.15, 0.2) is 0 Å². The van der Waals surface area contributed by atoms with Crippen molar-refractivity contribution in [2.24, 2.45) is 0 Å². The Balaban J connectivity index is 2.00. The van der Waals surface area contributed by atoms with Crippen molar-refractivity contribution in [3.63, 3.8) is 0 Å². The summed E-state index contributed by atoms with van der Waals surface area (Å²) >= 11 is 0. The second kappa shape index (κ2) is 10.1. The highest BCUT2D eigenvalue weighted by atomic mass is 16.5. The average molecular weight is 421 g/mol. The molecule has 1 fully saturated rings. The fraction of sp³-hybridized carbons (Fsp3) is 0.280. The predicted molar refractivity (Wildman–Crippen MR) is 121 cm³/mol. The number of ether oxygens (including phenoxy) is 1. The van der Waals surface area contributed by atoms with Gasteiger partial charge in [-0.1, -0.05) is 43.0 Å². The van der Waals surface area contributed by atoms with Gasteiger partial charge < -0.3 is 19.6 Å². The van der Waals surface area contributed by atoms with Gasteiger partial charge >= 0.3 is 0 Å². The van der Waals surface area contributed by atoms with Crippen LogP contribution < -0.4 is 4.74 Å². The molecule has 6 heteroatoms. The third-order valence-electron chi connectivity index (χ3n) is 5.16. The zero-order chi connectivity index (χ0) is 22.4. The summed E-state index contributed by atoms with van der Waals surface area (Å²) in [5.41, 5.74) is 1.36. The number of aliphatic hydroxyl groups excluding tert-OH is 1. The smallest absolute Gasteiger partial charge is 0.295 e. The van der Waals surface area contributed by atoms with E-state index in [0.29, 0.717) is 24.5 Å². The predicted octanol–water partition coefficient (Wildman–Crippen LogP) is 3.62. The molecule has 1 amide bonds. The summed E-state index contributed by atoms with van der Waals surface area (Å²) in [7, 11) is 3.93. The molecule has 0 unspecified atom stereocenters. The lowest BCUT2D eigenvalue weighted by atomic mass is 9.95. The third-order valence-corrected chi connectivity index (χ3v) is 5.16. The van der Waals surface area contributed by atoms with Crippen LogP contribution in [0.3, 0.4) is 0 Å². The van der Waals surface area contributed by atoms with Crippen molar-refractivity contribution in [1.29, 1.82) is 0 Å². The molecule has 1 aliphatic heterocycles. The maximum atomic E-state index is 13.0. The summed E-state index contributed by atoms with van der Waals surface area (Å²) in [6.07, 6.45) is 2.37. The van der Waals surface area contributed by atoms with Crippen LogP contribution in [0.2, 0.25) is 0 Å². The van der Waals surface area contributed by atoms with Gasteiger partial charge in [-0.15, -0.1) is 0 Å². The molecule has 162 valence electrons. The van der Waals surface area contributed by atoms with Crippen molar-refractivity contribution in [1.82, 2.24) is 9.80 Å². The van der Waals surface area contributed by atoms with Crippen molar-refractivity contribution in [2.75, 3.05) is 33.8 Å². The zero-order valence-corrected chi connectivity index (χ0v) is 18.0. The molecule has 1 atom stereocenters. The van der Waals surface area contributed by atoms with Crippen LogP contribution in [0.15, 0.2) is 72.8 Å². The van der Waals surface area contributed by atoms with Crippen LogP contribution >= 0.6 is 0 Å². The number of benzene rings is 2. The number of aliphatic hydroxyl groups is 1. The minimum atomic E-state index is -0.664. The minimum Gasteiger partial charge on any atom is -0.507 e. The highest BCUT2D eigenvalue weighted by Crippen LogP contribution is 2.39.